The van der Waals surface area contributed by atoms with Gasteiger partial charge in [0.05, 0.1) is 16.3 Å². The minimum absolute atomic E-state index is 0.119. The number of hydrogen-bond donors (Lipinski definition) is 2. The van der Waals surface area contributed by atoms with Gasteiger partial charge in [-0.25, -0.2) is 8.42 Å². The van der Waals surface area contributed by atoms with Gasteiger partial charge in [-0.05, 0) is 24.3 Å². The highest BCUT2D eigenvalue weighted by Gasteiger charge is 2.32. The molecule has 0 saturated carbocycles. The minimum Gasteiger partial charge on any atom is -0.325 e. The summed E-state index contributed by atoms with van der Waals surface area (Å²) < 4.78 is 24.7. The molecule has 0 spiro atoms. The van der Waals surface area contributed by atoms with Gasteiger partial charge in [0.2, 0.25) is 15.7 Å². The van der Waals surface area contributed by atoms with Gasteiger partial charge in [0, 0.05) is 16.8 Å². The van der Waals surface area contributed by atoms with Crippen molar-refractivity contribution in [3.05, 3.63) is 42.5 Å². The molecular formula is C14H12N2O3S. The van der Waals surface area contributed by atoms with Gasteiger partial charge >= 0.3 is 0 Å². The molecule has 3 rings (SSSR count). The first kappa shape index (κ1) is 12.8. The fourth-order valence-electron chi connectivity index (χ4n) is 2.31. The predicted molar refractivity (Wildman–Crippen MR) is 75.0 cm³/mol. The Morgan fingerprint density at radius 1 is 1.05 bits per heavy atom. The molecule has 1 amide bonds. The minimum atomic E-state index is -3.45. The molecule has 6 heteroatoms. The molecule has 3 N–H and O–H groups in total. The lowest BCUT2D eigenvalue weighted by Crippen LogP contribution is -2.21. The molecular weight excluding hydrogens is 276 g/mol. The fourth-order valence-corrected chi connectivity index (χ4v) is 3.97. The second-order valence-electron chi connectivity index (χ2n) is 4.46. The van der Waals surface area contributed by atoms with Crippen LogP contribution in [0, 0.1) is 0 Å². The van der Waals surface area contributed by atoms with Crippen molar-refractivity contribution in [2.24, 2.45) is 5.73 Å². The summed E-state index contributed by atoms with van der Waals surface area (Å²) in [5.41, 5.74) is 7.04. The van der Waals surface area contributed by atoms with Crippen molar-refractivity contribution in [3.8, 4) is 11.1 Å². The zero-order chi connectivity index (χ0) is 14.3. The summed E-state index contributed by atoms with van der Waals surface area (Å²) in [4.78, 5) is 11.9. The molecule has 2 aromatic rings. The van der Waals surface area contributed by atoms with Crippen LogP contribution in [0.5, 0.6) is 0 Å². The number of nitrogens with two attached hydrogens (primary N) is 1. The Balaban J connectivity index is 2.17. The average molecular weight is 288 g/mol. The molecule has 1 heterocycles. The number of amides is 1. The molecule has 0 atom stereocenters. The smallest absolute Gasteiger partial charge is 0.238 e. The standard InChI is InChI=1S/C14H12N2O3S/c15-8-14(17)16-9-5-6-13-11(7-9)10-3-1-2-4-12(10)20(13,18)19/h1-7H,8,15H2,(H,16,17). The monoisotopic (exact) mass is 288 g/mol. The van der Waals surface area contributed by atoms with Crippen LogP contribution in [0.3, 0.4) is 0 Å². The Kier molecular flexibility index (Phi) is 2.84. The number of carbonyl (C=O) groups is 1. The van der Waals surface area contributed by atoms with Crippen LogP contribution in [0.4, 0.5) is 5.69 Å². The highest BCUT2D eigenvalue weighted by atomic mass is 32.2. The lowest BCUT2D eigenvalue weighted by molar-refractivity contribution is -0.114. The summed E-state index contributed by atoms with van der Waals surface area (Å²) in [5.74, 6) is -0.320. The van der Waals surface area contributed by atoms with E-state index in [-0.39, 0.29) is 17.3 Å². The van der Waals surface area contributed by atoms with E-state index >= 15 is 0 Å². The highest BCUT2D eigenvalue weighted by Crippen LogP contribution is 2.43. The Labute approximate surface area is 116 Å². The van der Waals surface area contributed by atoms with Gasteiger partial charge in [0.25, 0.3) is 0 Å². The lowest BCUT2D eigenvalue weighted by Gasteiger charge is -2.06. The van der Waals surface area contributed by atoms with E-state index in [2.05, 4.69) is 5.32 Å². The van der Waals surface area contributed by atoms with E-state index in [0.717, 1.165) is 0 Å². The van der Waals surface area contributed by atoms with E-state index < -0.39 is 9.84 Å². The predicted octanol–water partition coefficient (Wildman–Crippen LogP) is 1.40. The van der Waals surface area contributed by atoms with Crippen molar-refractivity contribution in [1.29, 1.82) is 0 Å². The zero-order valence-corrected chi connectivity index (χ0v) is 11.3. The molecule has 1 aliphatic rings. The van der Waals surface area contributed by atoms with Crippen molar-refractivity contribution >= 4 is 21.4 Å². The van der Waals surface area contributed by atoms with E-state index in [9.17, 15) is 13.2 Å². The number of fused-ring (bicyclic) bond motifs is 3. The molecule has 5 nitrogen and oxygen atoms in total. The Bertz CT molecular complexity index is 813. The van der Waals surface area contributed by atoms with Gasteiger partial charge in [-0.3, -0.25) is 4.79 Å². The van der Waals surface area contributed by atoms with E-state index in [0.29, 0.717) is 21.7 Å². The van der Waals surface area contributed by atoms with Gasteiger partial charge in [-0.15, -0.1) is 0 Å². The van der Waals surface area contributed by atoms with Crippen LogP contribution in [-0.4, -0.2) is 20.9 Å². The normalized spacial score (nSPS) is 14.4. The van der Waals surface area contributed by atoms with Crippen molar-refractivity contribution in [2.45, 2.75) is 9.79 Å². The quantitative estimate of drug-likeness (QED) is 0.746. The van der Waals surface area contributed by atoms with Crippen LogP contribution in [0.25, 0.3) is 11.1 Å². The zero-order valence-electron chi connectivity index (χ0n) is 10.5. The van der Waals surface area contributed by atoms with Gasteiger partial charge < -0.3 is 11.1 Å². The first-order valence-electron chi connectivity index (χ1n) is 6.02. The third kappa shape index (κ3) is 1.81. The summed E-state index contributed by atoms with van der Waals surface area (Å²) in [5, 5.41) is 2.62. The average Bonchev–Trinajstić information content (AvgIpc) is 2.68. The largest absolute Gasteiger partial charge is 0.325 e. The molecule has 0 fully saturated rings. The first-order chi connectivity index (χ1) is 9.54. The lowest BCUT2D eigenvalue weighted by atomic mass is 10.1. The Morgan fingerprint density at radius 3 is 2.50 bits per heavy atom. The van der Waals surface area contributed by atoms with Gasteiger partial charge in [-0.2, -0.15) is 0 Å². The SMILES string of the molecule is NCC(=O)Nc1ccc2c(c1)-c1ccccc1S2(=O)=O. The van der Waals surface area contributed by atoms with Crippen molar-refractivity contribution in [2.75, 3.05) is 11.9 Å². The van der Waals surface area contributed by atoms with E-state index in [1.807, 2.05) is 0 Å². The molecule has 0 unspecified atom stereocenters. The number of rotatable bonds is 2. The molecule has 0 aromatic heterocycles. The Hall–Kier alpha value is -2.18. The molecule has 2 aromatic carbocycles. The van der Waals surface area contributed by atoms with Crippen molar-refractivity contribution in [3.63, 3.8) is 0 Å². The molecule has 1 aliphatic heterocycles. The topological polar surface area (TPSA) is 89.3 Å². The molecule has 0 radical (unpaired) electrons. The Morgan fingerprint density at radius 2 is 1.75 bits per heavy atom. The van der Waals surface area contributed by atoms with Crippen LogP contribution in [0.15, 0.2) is 52.3 Å². The van der Waals surface area contributed by atoms with E-state index in [4.69, 9.17) is 5.73 Å². The highest BCUT2D eigenvalue weighted by molar-refractivity contribution is 7.92. The third-order valence-corrected chi connectivity index (χ3v) is 5.08. The number of anilines is 1. The summed E-state index contributed by atoms with van der Waals surface area (Å²) in [6, 6.07) is 11.6. The molecule has 102 valence electrons. The number of benzene rings is 2. The van der Waals surface area contributed by atoms with Gasteiger partial charge in [-0.1, -0.05) is 18.2 Å². The van der Waals surface area contributed by atoms with Crippen molar-refractivity contribution < 1.29 is 13.2 Å². The van der Waals surface area contributed by atoms with E-state index in [1.54, 1.807) is 36.4 Å². The first-order valence-corrected chi connectivity index (χ1v) is 7.51. The van der Waals surface area contributed by atoms with Gasteiger partial charge in [0.1, 0.15) is 0 Å². The second-order valence-corrected chi connectivity index (χ2v) is 6.35. The molecule has 0 bridgehead atoms. The van der Waals surface area contributed by atoms with Crippen LogP contribution >= 0.6 is 0 Å². The molecule has 20 heavy (non-hydrogen) atoms. The van der Waals surface area contributed by atoms with Crippen LogP contribution in [-0.2, 0) is 14.6 Å². The van der Waals surface area contributed by atoms with Crippen molar-refractivity contribution in [1.82, 2.24) is 0 Å². The van der Waals surface area contributed by atoms with Crippen LogP contribution in [0.1, 0.15) is 0 Å². The number of nitrogens with one attached hydrogen (secondary N) is 1. The second kappa shape index (κ2) is 4.43. The maximum Gasteiger partial charge on any atom is 0.238 e. The molecule has 0 saturated heterocycles. The summed E-state index contributed by atoms with van der Waals surface area (Å²) in [6.45, 7) is -0.119. The summed E-state index contributed by atoms with van der Waals surface area (Å²) >= 11 is 0. The van der Waals surface area contributed by atoms with E-state index in [1.165, 1.54) is 6.07 Å². The summed E-state index contributed by atoms with van der Waals surface area (Å²) in [7, 11) is -3.45. The number of sulfone groups is 1. The van der Waals surface area contributed by atoms with Crippen LogP contribution < -0.4 is 11.1 Å². The summed E-state index contributed by atoms with van der Waals surface area (Å²) in [6.07, 6.45) is 0. The van der Waals surface area contributed by atoms with Crippen LogP contribution in [0.2, 0.25) is 0 Å². The third-order valence-electron chi connectivity index (χ3n) is 3.20. The fraction of sp³-hybridized carbons (Fsp3) is 0.0714. The van der Waals surface area contributed by atoms with Gasteiger partial charge in [0.15, 0.2) is 0 Å². The number of carbonyl (C=O) groups excluding carboxylic acids is 1. The number of hydrogen-bond acceptors (Lipinski definition) is 4. The maximum atomic E-state index is 12.4. The maximum absolute atomic E-state index is 12.4. The molecule has 0 aliphatic carbocycles.